The largest absolute Gasteiger partial charge is 0.466 e. The van der Waals surface area contributed by atoms with Gasteiger partial charge >= 0.3 is 5.97 Å². The molecule has 1 aromatic carbocycles. The molecule has 34 heavy (non-hydrogen) atoms. The number of carbonyl (C=O) groups is 2. The average Bonchev–Trinajstić information content (AvgIpc) is 3.36. The van der Waals surface area contributed by atoms with E-state index in [0.29, 0.717) is 24.8 Å². The standard InChI is InChI=1S/C24H32IN3O5S/c1-4-33-24(30)22-15-5-6-16(11-15)23(22)28(10-9-14(2)3)21(29)13-20-26-18-8-7-17(25)12-19(18)34(31,32)27-20/h7-8,12,14-16,22-23H,4-6,9-11,13H2,1-3H3,(H,26,27)/t15-,16+,22?,23?/m1/s1. The molecule has 0 aromatic heterocycles. The van der Waals surface area contributed by atoms with E-state index in [2.05, 4.69) is 46.2 Å². The minimum Gasteiger partial charge on any atom is -0.466 e. The number of amides is 1. The summed E-state index contributed by atoms with van der Waals surface area (Å²) in [5.41, 5.74) is 0.427. The van der Waals surface area contributed by atoms with Gasteiger partial charge in [0, 0.05) is 16.2 Å². The first-order valence-corrected chi connectivity index (χ1v) is 14.5. The maximum Gasteiger partial charge on any atom is 0.311 e. The molecule has 10 heteroatoms. The van der Waals surface area contributed by atoms with Gasteiger partial charge in [0.2, 0.25) is 5.91 Å². The van der Waals surface area contributed by atoms with Crippen molar-refractivity contribution in [1.29, 1.82) is 0 Å². The van der Waals surface area contributed by atoms with Crippen molar-refractivity contribution in [3.05, 3.63) is 21.8 Å². The molecule has 2 unspecified atom stereocenters. The van der Waals surface area contributed by atoms with Crippen LogP contribution in [0.4, 0.5) is 5.69 Å². The minimum absolute atomic E-state index is 0.114. The van der Waals surface area contributed by atoms with Gasteiger partial charge in [0.25, 0.3) is 10.0 Å². The van der Waals surface area contributed by atoms with Gasteiger partial charge in [0.05, 0.1) is 24.6 Å². The number of amidine groups is 1. The van der Waals surface area contributed by atoms with Crippen LogP contribution in [-0.4, -0.2) is 50.2 Å². The van der Waals surface area contributed by atoms with Gasteiger partial charge in [-0.25, -0.2) is 0 Å². The van der Waals surface area contributed by atoms with Gasteiger partial charge < -0.3 is 15.0 Å². The van der Waals surface area contributed by atoms with E-state index in [1.54, 1.807) is 25.1 Å². The van der Waals surface area contributed by atoms with Gasteiger partial charge in [-0.15, -0.1) is 4.40 Å². The van der Waals surface area contributed by atoms with Gasteiger partial charge in [-0.05, 0) is 91.2 Å². The third kappa shape index (κ3) is 5.12. The van der Waals surface area contributed by atoms with E-state index in [1.807, 2.05) is 4.90 Å². The number of benzene rings is 1. The normalized spacial score (nSPS) is 26.6. The third-order valence-electron chi connectivity index (χ3n) is 7.11. The Balaban J connectivity index is 1.59. The molecule has 2 fully saturated rings. The summed E-state index contributed by atoms with van der Waals surface area (Å²) in [5, 5.41) is 3.04. The summed E-state index contributed by atoms with van der Waals surface area (Å²) in [4.78, 5) is 28.5. The number of sulfonamides is 1. The first kappa shape index (κ1) is 25.4. The molecule has 186 valence electrons. The van der Waals surface area contributed by atoms with Gasteiger partial charge in [-0.2, -0.15) is 8.42 Å². The Hall–Kier alpha value is -1.69. The number of hydrogen-bond acceptors (Lipinski definition) is 6. The summed E-state index contributed by atoms with van der Waals surface area (Å²) in [6, 6.07) is 4.85. The molecular formula is C24H32IN3O5S. The van der Waals surface area contributed by atoms with Crippen molar-refractivity contribution in [3.8, 4) is 0 Å². The number of carbonyl (C=O) groups excluding carboxylic acids is 2. The van der Waals surface area contributed by atoms with Crippen LogP contribution in [0, 0.1) is 27.2 Å². The van der Waals surface area contributed by atoms with Crippen molar-refractivity contribution in [2.45, 2.75) is 63.8 Å². The monoisotopic (exact) mass is 601 g/mol. The Bertz CT molecular complexity index is 1100. The number of halogens is 1. The first-order valence-electron chi connectivity index (χ1n) is 12.0. The molecule has 0 radical (unpaired) electrons. The van der Waals surface area contributed by atoms with Crippen LogP contribution in [0.5, 0.6) is 0 Å². The summed E-state index contributed by atoms with van der Waals surface area (Å²) in [6.07, 6.45) is 3.55. The number of ether oxygens (including phenoxy) is 1. The Morgan fingerprint density at radius 3 is 2.71 bits per heavy atom. The van der Waals surface area contributed by atoms with Crippen LogP contribution in [-0.2, 0) is 24.3 Å². The highest BCUT2D eigenvalue weighted by Crippen LogP contribution is 2.51. The number of nitrogens with zero attached hydrogens (tertiary/aromatic N) is 2. The number of fused-ring (bicyclic) bond motifs is 3. The molecule has 1 heterocycles. The highest BCUT2D eigenvalue weighted by Gasteiger charge is 2.54. The van der Waals surface area contributed by atoms with Crippen molar-refractivity contribution in [3.63, 3.8) is 0 Å². The van der Waals surface area contributed by atoms with Gasteiger partial charge in [0.1, 0.15) is 10.7 Å². The molecular weight excluding hydrogens is 569 g/mol. The summed E-state index contributed by atoms with van der Waals surface area (Å²) < 4.78 is 35.6. The summed E-state index contributed by atoms with van der Waals surface area (Å²) in [5.74, 6) is 0.261. The van der Waals surface area contributed by atoms with E-state index < -0.39 is 10.0 Å². The molecule has 2 saturated carbocycles. The van der Waals surface area contributed by atoms with E-state index in [1.165, 1.54) is 0 Å². The Labute approximate surface area is 215 Å². The van der Waals surface area contributed by atoms with Crippen LogP contribution >= 0.6 is 22.6 Å². The second-order valence-corrected chi connectivity index (χ2v) is 12.6. The van der Waals surface area contributed by atoms with Crippen molar-refractivity contribution >= 4 is 56.0 Å². The lowest BCUT2D eigenvalue weighted by atomic mass is 9.83. The Kier molecular flexibility index (Phi) is 7.56. The van der Waals surface area contributed by atoms with Crippen molar-refractivity contribution < 1.29 is 22.7 Å². The molecule has 1 amide bonds. The lowest BCUT2D eigenvalue weighted by molar-refractivity contribution is -0.154. The van der Waals surface area contributed by atoms with Gasteiger partial charge in [-0.3, -0.25) is 9.59 Å². The second kappa shape index (κ2) is 10.1. The van der Waals surface area contributed by atoms with Crippen LogP contribution in [0.2, 0.25) is 0 Å². The fourth-order valence-electron chi connectivity index (χ4n) is 5.62. The minimum atomic E-state index is -3.89. The van der Waals surface area contributed by atoms with Gasteiger partial charge in [-0.1, -0.05) is 13.8 Å². The van der Waals surface area contributed by atoms with Crippen LogP contribution in [0.15, 0.2) is 27.5 Å². The molecule has 1 aliphatic heterocycles. The van der Waals surface area contributed by atoms with Gasteiger partial charge in [0.15, 0.2) is 0 Å². The molecule has 2 aliphatic carbocycles. The van der Waals surface area contributed by atoms with E-state index in [4.69, 9.17) is 4.74 Å². The number of anilines is 1. The van der Waals surface area contributed by atoms with Crippen molar-refractivity contribution in [2.24, 2.45) is 28.1 Å². The van der Waals surface area contributed by atoms with E-state index in [0.717, 1.165) is 29.3 Å². The highest BCUT2D eigenvalue weighted by atomic mass is 127. The molecule has 4 rings (SSSR count). The smallest absolute Gasteiger partial charge is 0.311 e. The molecule has 3 aliphatic rings. The number of esters is 1. The highest BCUT2D eigenvalue weighted by molar-refractivity contribution is 14.1. The number of nitrogens with one attached hydrogen (secondary N) is 1. The predicted molar refractivity (Wildman–Crippen MR) is 138 cm³/mol. The predicted octanol–water partition coefficient (Wildman–Crippen LogP) is 4.05. The second-order valence-electron chi connectivity index (χ2n) is 9.83. The topological polar surface area (TPSA) is 105 Å². The molecule has 4 atom stereocenters. The first-order chi connectivity index (χ1) is 16.1. The van der Waals surface area contributed by atoms with E-state index >= 15 is 0 Å². The number of hydrogen-bond donors (Lipinski definition) is 1. The van der Waals surface area contributed by atoms with E-state index in [-0.39, 0.29) is 52.8 Å². The fourth-order valence-corrected chi connectivity index (χ4v) is 7.50. The zero-order valence-electron chi connectivity index (χ0n) is 19.8. The maximum absolute atomic E-state index is 13.6. The number of rotatable bonds is 8. The Morgan fingerprint density at radius 1 is 1.26 bits per heavy atom. The van der Waals surface area contributed by atoms with E-state index in [9.17, 15) is 18.0 Å². The molecule has 1 N–H and O–H groups in total. The fraction of sp³-hybridized carbons (Fsp3) is 0.625. The summed E-state index contributed by atoms with van der Waals surface area (Å²) in [7, 11) is -3.89. The van der Waals surface area contributed by atoms with Crippen LogP contribution in [0.1, 0.15) is 52.9 Å². The Morgan fingerprint density at radius 2 is 2.00 bits per heavy atom. The zero-order chi connectivity index (χ0) is 24.6. The maximum atomic E-state index is 13.6. The quantitative estimate of drug-likeness (QED) is 0.356. The molecule has 1 aromatic rings. The van der Waals surface area contributed by atoms with Crippen LogP contribution in [0.25, 0.3) is 0 Å². The lowest BCUT2D eigenvalue weighted by Crippen LogP contribution is -2.51. The van der Waals surface area contributed by atoms with Crippen molar-refractivity contribution in [2.75, 3.05) is 18.5 Å². The molecule has 0 saturated heterocycles. The summed E-state index contributed by atoms with van der Waals surface area (Å²) in [6.45, 7) is 6.84. The van der Waals surface area contributed by atoms with Crippen LogP contribution in [0.3, 0.4) is 0 Å². The summed E-state index contributed by atoms with van der Waals surface area (Å²) >= 11 is 2.05. The zero-order valence-corrected chi connectivity index (χ0v) is 22.8. The lowest BCUT2D eigenvalue weighted by Gasteiger charge is -2.39. The molecule has 2 bridgehead atoms. The molecule has 8 nitrogen and oxygen atoms in total. The van der Waals surface area contributed by atoms with Crippen LogP contribution < -0.4 is 5.32 Å². The van der Waals surface area contributed by atoms with Crippen molar-refractivity contribution in [1.82, 2.24) is 4.90 Å². The third-order valence-corrected chi connectivity index (χ3v) is 9.13. The SMILES string of the molecule is CCOC(=O)C1C(N(CCC(C)C)C(=O)CC2=NS(=O)(=O)c3cc(I)ccc3N2)[C@H]2CC[C@@H]1C2. The molecule has 0 spiro atoms. The average molecular weight is 602 g/mol.